The van der Waals surface area contributed by atoms with Crippen molar-refractivity contribution in [1.29, 1.82) is 0 Å². The highest BCUT2D eigenvalue weighted by atomic mass is 19.3. The molecule has 8 heteroatoms. The molecule has 0 radical (unpaired) electrons. The van der Waals surface area contributed by atoms with E-state index in [4.69, 9.17) is 0 Å². The molecule has 92 valence electrons. The van der Waals surface area contributed by atoms with Gasteiger partial charge in [0.2, 0.25) is 0 Å². The molecule has 0 amide bonds. The van der Waals surface area contributed by atoms with Crippen molar-refractivity contribution >= 4 is 11.5 Å². The second-order valence-electron chi connectivity index (χ2n) is 2.96. The van der Waals surface area contributed by atoms with E-state index in [1.54, 1.807) is 0 Å². The number of rotatable bonds is 4. The first kappa shape index (κ1) is 12.9. The van der Waals surface area contributed by atoms with Gasteiger partial charge in [0, 0.05) is 6.07 Å². The summed E-state index contributed by atoms with van der Waals surface area (Å²) in [5.41, 5.74) is -1.59. The third kappa shape index (κ3) is 2.71. The van der Waals surface area contributed by atoms with Crippen LogP contribution in [0, 0.1) is 15.9 Å². The first-order valence-corrected chi connectivity index (χ1v) is 4.27. The third-order valence-electron chi connectivity index (χ3n) is 1.84. The van der Waals surface area contributed by atoms with Crippen molar-refractivity contribution in [2.75, 3.05) is 0 Å². The monoisotopic (exact) mass is 249 g/mol. The Labute approximate surface area is 93.0 Å². The van der Waals surface area contributed by atoms with Crippen molar-refractivity contribution in [2.45, 2.75) is 13.5 Å². The van der Waals surface area contributed by atoms with E-state index in [0.29, 0.717) is 12.1 Å². The smallest absolute Gasteiger partial charge is 0.387 e. The van der Waals surface area contributed by atoms with Gasteiger partial charge in [0.25, 0.3) is 5.69 Å². The zero-order valence-electron chi connectivity index (χ0n) is 8.45. The zero-order chi connectivity index (χ0) is 13.2. The molecule has 1 aromatic carbocycles. The number of Topliss-reactive ketones (excluding diaryl/α,β-unsaturated/α-hetero) is 1. The van der Waals surface area contributed by atoms with Gasteiger partial charge in [-0.05, 0) is 13.0 Å². The first-order valence-electron chi connectivity index (χ1n) is 4.27. The molecule has 1 aromatic rings. The lowest BCUT2D eigenvalue weighted by Gasteiger charge is -2.09. The van der Waals surface area contributed by atoms with Gasteiger partial charge in [0.1, 0.15) is 5.56 Å². The van der Waals surface area contributed by atoms with Crippen LogP contribution in [0.4, 0.5) is 18.9 Å². The molecule has 0 aliphatic rings. The van der Waals surface area contributed by atoms with Crippen LogP contribution in [0.15, 0.2) is 12.1 Å². The lowest BCUT2D eigenvalue weighted by atomic mass is 10.1. The molecule has 0 fully saturated rings. The minimum Gasteiger partial charge on any atom is -0.431 e. The normalized spacial score (nSPS) is 10.4. The first-order chi connectivity index (χ1) is 7.84. The summed E-state index contributed by atoms with van der Waals surface area (Å²) in [6.45, 7) is -2.50. The predicted octanol–water partition coefficient (Wildman–Crippen LogP) is 2.54. The second kappa shape index (κ2) is 4.81. The minimum atomic E-state index is -3.38. The fourth-order valence-corrected chi connectivity index (χ4v) is 1.24. The van der Waals surface area contributed by atoms with Crippen LogP contribution in [0.5, 0.6) is 5.75 Å². The number of carbonyl (C=O) groups is 1. The van der Waals surface area contributed by atoms with Gasteiger partial charge in [-0.2, -0.15) is 8.78 Å². The molecule has 0 unspecified atom stereocenters. The average molecular weight is 249 g/mol. The van der Waals surface area contributed by atoms with Crippen molar-refractivity contribution in [3.63, 3.8) is 0 Å². The molecule has 5 nitrogen and oxygen atoms in total. The average Bonchev–Trinajstić information content (AvgIpc) is 2.19. The SMILES string of the molecule is CC(=O)c1c([N+](=O)[O-])ccc(F)c1OC(F)F. The maximum absolute atomic E-state index is 13.2. The summed E-state index contributed by atoms with van der Waals surface area (Å²) in [5.74, 6) is -3.31. The molecule has 0 spiro atoms. The summed E-state index contributed by atoms with van der Waals surface area (Å²) in [6.07, 6.45) is 0. The standard InChI is InChI=1S/C9H6F3NO4/c1-4(14)7-6(13(15)16)3-2-5(10)8(7)17-9(11)12/h2-3,9H,1H3. The van der Waals surface area contributed by atoms with Gasteiger partial charge in [0.15, 0.2) is 17.3 Å². The van der Waals surface area contributed by atoms with Crippen LogP contribution in [0.25, 0.3) is 0 Å². The van der Waals surface area contributed by atoms with Crippen LogP contribution >= 0.6 is 0 Å². The summed E-state index contributed by atoms with van der Waals surface area (Å²) in [6, 6.07) is 1.30. The van der Waals surface area contributed by atoms with Crippen molar-refractivity contribution < 1.29 is 27.6 Å². The molecule has 0 saturated heterocycles. The van der Waals surface area contributed by atoms with Crippen LogP contribution in [-0.2, 0) is 0 Å². The topological polar surface area (TPSA) is 69.4 Å². The Kier molecular flexibility index (Phi) is 3.66. The van der Waals surface area contributed by atoms with Gasteiger partial charge in [-0.3, -0.25) is 14.9 Å². The number of halogens is 3. The highest BCUT2D eigenvalue weighted by Gasteiger charge is 2.27. The number of ketones is 1. The molecule has 0 N–H and O–H groups in total. The summed E-state index contributed by atoms with van der Waals surface area (Å²) in [4.78, 5) is 20.7. The number of alkyl halides is 2. The zero-order valence-corrected chi connectivity index (χ0v) is 8.45. The summed E-state index contributed by atoms with van der Waals surface area (Å²) in [7, 11) is 0. The van der Waals surface area contributed by atoms with Gasteiger partial charge in [-0.25, -0.2) is 4.39 Å². The number of hydrogen-bond acceptors (Lipinski definition) is 4. The number of nitro groups is 1. The van der Waals surface area contributed by atoms with Crippen molar-refractivity contribution in [3.05, 3.63) is 33.6 Å². The minimum absolute atomic E-state index is 0.586. The quantitative estimate of drug-likeness (QED) is 0.467. The van der Waals surface area contributed by atoms with E-state index >= 15 is 0 Å². The van der Waals surface area contributed by atoms with Crippen molar-refractivity contribution in [3.8, 4) is 5.75 Å². The van der Waals surface area contributed by atoms with E-state index in [1.807, 2.05) is 0 Å². The van der Waals surface area contributed by atoms with E-state index in [9.17, 15) is 28.1 Å². The highest BCUT2D eigenvalue weighted by molar-refractivity contribution is 6.00. The fourth-order valence-electron chi connectivity index (χ4n) is 1.24. The largest absolute Gasteiger partial charge is 0.431 e. The van der Waals surface area contributed by atoms with Gasteiger partial charge in [-0.1, -0.05) is 0 Å². The summed E-state index contributed by atoms with van der Waals surface area (Å²) < 4.78 is 41.0. The van der Waals surface area contributed by atoms with E-state index in [2.05, 4.69) is 4.74 Å². The highest BCUT2D eigenvalue weighted by Crippen LogP contribution is 2.32. The van der Waals surface area contributed by atoms with Gasteiger partial charge >= 0.3 is 6.61 Å². The Hall–Kier alpha value is -2.12. The lowest BCUT2D eigenvalue weighted by Crippen LogP contribution is -2.10. The Morgan fingerprint density at radius 1 is 1.47 bits per heavy atom. The van der Waals surface area contributed by atoms with Gasteiger partial charge in [0.05, 0.1) is 4.92 Å². The number of nitrogens with zero attached hydrogens (tertiary/aromatic N) is 1. The van der Waals surface area contributed by atoms with E-state index in [-0.39, 0.29) is 0 Å². The Morgan fingerprint density at radius 2 is 2.06 bits per heavy atom. The van der Waals surface area contributed by atoms with E-state index < -0.39 is 40.1 Å². The van der Waals surface area contributed by atoms with Crippen LogP contribution in [0.1, 0.15) is 17.3 Å². The van der Waals surface area contributed by atoms with Crippen LogP contribution < -0.4 is 4.74 Å². The molecule has 1 rings (SSSR count). The van der Waals surface area contributed by atoms with Gasteiger partial charge < -0.3 is 4.74 Å². The number of ether oxygens (including phenoxy) is 1. The Bertz CT molecular complexity index is 476. The van der Waals surface area contributed by atoms with Crippen LogP contribution in [0.3, 0.4) is 0 Å². The Balaban J connectivity index is 3.48. The molecule has 0 heterocycles. The number of benzene rings is 1. The van der Waals surface area contributed by atoms with Crippen LogP contribution in [0.2, 0.25) is 0 Å². The second-order valence-corrected chi connectivity index (χ2v) is 2.96. The van der Waals surface area contributed by atoms with E-state index in [0.717, 1.165) is 6.92 Å². The molecule has 0 saturated carbocycles. The predicted molar refractivity (Wildman–Crippen MR) is 49.7 cm³/mol. The van der Waals surface area contributed by atoms with E-state index in [1.165, 1.54) is 0 Å². The molecule has 0 aliphatic heterocycles. The molecular weight excluding hydrogens is 243 g/mol. The molecule has 0 bridgehead atoms. The van der Waals surface area contributed by atoms with Crippen molar-refractivity contribution in [1.82, 2.24) is 0 Å². The maximum atomic E-state index is 13.2. The number of nitro benzene ring substituents is 1. The van der Waals surface area contributed by atoms with Gasteiger partial charge in [-0.15, -0.1) is 0 Å². The number of hydrogen-bond donors (Lipinski definition) is 0. The molecule has 17 heavy (non-hydrogen) atoms. The van der Waals surface area contributed by atoms with Crippen molar-refractivity contribution in [2.24, 2.45) is 0 Å². The fraction of sp³-hybridized carbons (Fsp3) is 0.222. The molecule has 0 aromatic heterocycles. The molecule has 0 aliphatic carbocycles. The Morgan fingerprint density at radius 3 is 2.47 bits per heavy atom. The number of carbonyl (C=O) groups excluding carboxylic acids is 1. The summed E-state index contributed by atoms with van der Waals surface area (Å²) >= 11 is 0. The summed E-state index contributed by atoms with van der Waals surface area (Å²) in [5, 5.41) is 10.6. The third-order valence-corrected chi connectivity index (χ3v) is 1.84. The molecule has 0 atom stereocenters. The van der Waals surface area contributed by atoms with Crippen LogP contribution in [-0.4, -0.2) is 17.3 Å². The maximum Gasteiger partial charge on any atom is 0.387 e. The molecular formula is C9H6F3NO4. The lowest BCUT2D eigenvalue weighted by molar-refractivity contribution is -0.385.